The van der Waals surface area contributed by atoms with Crippen molar-refractivity contribution in [2.75, 3.05) is 13.1 Å². The number of hydrogen-bond acceptors (Lipinski definition) is 3. The monoisotopic (exact) mass is 323 g/mol. The standard InChI is InChI=1S/C13H16F3NO3S/c1-9-7-17(8-10(2)20-9)21(18,19)12-5-3-11(4-6-12)13(14,15)16/h3-6,9-10H,7-8H2,1-2H3/t9-,10-/m0/s1. The lowest BCUT2D eigenvalue weighted by atomic mass is 10.2. The SMILES string of the molecule is C[C@H]1CN(S(=O)(=O)c2ccc(C(F)(F)F)cc2)C[C@H](C)O1. The van der Waals surface area contributed by atoms with E-state index in [-0.39, 0.29) is 30.2 Å². The lowest BCUT2D eigenvalue weighted by Crippen LogP contribution is -2.48. The minimum atomic E-state index is -4.48. The van der Waals surface area contributed by atoms with Gasteiger partial charge in [-0.1, -0.05) is 0 Å². The van der Waals surface area contributed by atoms with Gasteiger partial charge >= 0.3 is 6.18 Å². The van der Waals surface area contributed by atoms with Crippen LogP contribution in [0.25, 0.3) is 0 Å². The van der Waals surface area contributed by atoms with Gasteiger partial charge in [-0.3, -0.25) is 0 Å². The first kappa shape index (κ1) is 16.3. The Labute approximate surface area is 121 Å². The molecule has 0 spiro atoms. The van der Waals surface area contributed by atoms with E-state index in [0.29, 0.717) is 0 Å². The molecule has 21 heavy (non-hydrogen) atoms. The van der Waals surface area contributed by atoms with Gasteiger partial charge in [-0.2, -0.15) is 17.5 Å². The molecule has 0 amide bonds. The van der Waals surface area contributed by atoms with E-state index in [2.05, 4.69) is 0 Å². The molecule has 2 rings (SSSR count). The first-order valence-corrected chi connectivity index (χ1v) is 7.87. The van der Waals surface area contributed by atoms with Gasteiger partial charge in [0.2, 0.25) is 10.0 Å². The van der Waals surface area contributed by atoms with Crippen molar-refractivity contribution in [2.24, 2.45) is 0 Å². The minimum absolute atomic E-state index is 0.142. The highest BCUT2D eigenvalue weighted by atomic mass is 32.2. The predicted octanol–water partition coefficient (Wildman–Crippen LogP) is 2.50. The highest BCUT2D eigenvalue weighted by Crippen LogP contribution is 2.30. The molecule has 2 atom stereocenters. The first-order valence-electron chi connectivity index (χ1n) is 6.43. The highest BCUT2D eigenvalue weighted by molar-refractivity contribution is 7.89. The third-order valence-electron chi connectivity index (χ3n) is 3.21. The van der Waals surface area contributed by atoms with Gasteiger partial charge in [0.1, 0.15) is 0 Å². The summed E-state index contributed by atoms with van der Waals surface area (Å²) in [5, 5.41) is 0. The Morgan fingerprint density at radius 2 is 1.57 bits per heavy atom. The maximum absolute atomic E-state index is 12.5. The van der Waals surface area contributed by atoms with Crippen molar-refractivity contribution in [3.05, 3.63) is 29.8 Å². The van der Waals surface area contributed by atoms with Gasteiger partial charge < -0.3 is 4.74 Å². The van der Waals surface area contributed by atoms with Crippen molar-refractivity contribution in [2.45, 2.75) is 37.1 Å². The summed E-state index contributed by atoms with van der Waals surface area (Å²) >= 11 is 0. The fourth-order valence-electron chi connectivity index (χ4n) is 2.29. The Bertz CT molecular complexity index is 588. The van der Waals surface area contributed by atoms with Gasteiger partial charge in [0, 0.05) is 13.1 Å². The second-order valence-corrected chi connectivity index (χ2v) is 7.04. The topological polar surface area (TPSA) is 46.6 Å². The third-order valence-corrected chi connectivity index (χ3v) is 5.05. The van der Waals surface area contributed by atoms with Crippen LogP contribution in [-0.4, -0.2) is 38.0 Å². The molecule has 1 aliphatic heterocycles. The lowest BCUT2D eigenvalue weighted by Gasteiger charge is -2.34. The molecular formula is C13H16F3NO3S. The molecule has 0 unspecified atom stereocenters. The molecule has 0 N–H and O–H groups in total. The molecule has 8 heteroatoms. The molecule has 1 aromatic carbocycles. The Kier molecular flexibility index (Phi) is 4.32. The van der Waals surface area contributed by atoms with Crippen LogP contribution >= 0.6 is 0 Å². The molecule has 4 nitrogen and oxygen atoms in total. The number of ether oxygens (including phenoxy) is 1. The number of morpholine rings is 1. The van der Waals surface area contributed by atoms with Crippen molar-refractivity contribution in [1.82, 2.24) is 4.31 Å². The number of alkyl halides is 3. The quantitative estimate of drug-likeness (QED) is 0.840. The molecule has 0 aromatic heterocycles. The molecule has 0 bridgehead atoms. The minimum Gasteiger partial charge on any atom is -0.373 e. The van der Waals surface area contributed by atoms with Crippen LogP contribution in [0.1, 0.15) is 19.4 Å². The molecule has 0 radical (unpaired) electrons. The summed E-state index contributed by atoms with van der Waals surface area (Å²) in [7, 11) is -3.80. The average molecular weight is 323 g/mol. The van der Waals surface area contributed by atoms with Crippen LogP contribution in [0.2, 0.25) is 0 Å². The van der Waals surface area contributed by atoms with Crippen molar-refractivity contribution in [3.63, 3.8) is 0 Å². The lowest BCUT2D eigenvalue weighted by molar-refractivity contribution is -0.137. The summed E-state index contributed by atoms with van der Waals surface area (Å²) in [6.45, 7) is 3.89. The van der Waals surface area contributed by atoms with Crippen molar-refractivity contribution >= 4 is 10.0 Å². The van der Waals surface area contributed by atoms with Crippen LogP contribution in [0.3, 0.4) is 0 Å². The van der Waals surface area contributed by atoms with E-state index in [0.717, 1.165) is 24.3 Å². The Morgan fingerprint density at radius 3 is 2.00 bits per heavy atom. The summed E-state index contributed by atoms with van der Waals surface area (Å²) in [6, 6.07) is 3.53. The van der Waals surface area contributed by atoms with Gasteiger partial charge in [-0.25, -0.2) is 8.42 Å². The van der Waals surface area contributed by atoms with E-state index < -0.39 is 21.8 Å². The van der Waals surface area contributed by atoms with Crippen LogP contribution in [-0.2, 0) is 20.9 Å². The Balaban J connectivity index is 2.27. The van der Waals surface area contributed by atoms with Gasteiger partial charge in [-0.15, -0.1) is 0 Å². The number of halogens is 3. The molecule has 1 heterocycles. The van der Waals surface area contributed by atoms with Crippen molar-refractivity contribution in [3.8, 4) is 0 Å². The van der Waals surface area contributed by atoms with Gasteiger partial charge in [-0.05, 0) is 38.1 Å². The maximum Gasteiger partial charge on any atom is 0.416 e. The summed E-state index contributed by atoms with van der Waals surface area (Å²) in [4.78, 5) is -0.142. The van der Waals surface area contributed by atoms with Crippen molar-refractivity contribution < 1.29 is 26.3 Å². The summed E-state index contributed by atoms with van der Waals surface area (Å²) in [6.07, 6.45) is -4.99. The highest BCUT2D eigenvalue weighted by Gasteiger charge is 2.34. The smallest absolute Gasteiger partial charge is 0.373 e. The predicted molar refractivity (Wildman–Crippen MR) is 70.2 cm³/mol. The van der Waals surface area contributed by atoms with Crippen LogP contribution < -0.4 is 0 Å². The van der Waals surface area contributed by atoms with E-state index >= 15 is 0 Å². The van der Waals surface area contributed by atoms with E-state index in [1.54, 1.807) is 13.8 Å². The first-order chi connectivity index (χ1) is 9.60. The fourth-order valence-corrected chi connectivity index (χ4v) is 3.88. The molecule has 1 fully saturated rings. The van der Waals surface area contributed by atoms with Crippen LogP contribution in [0.15, 0.2) is 29.2 Å². The van der Waals surface area contributed by atoms with Crippen molar-refractivity contribution in [1.29, 1.82) is 0 Å². The van der Waals surface area contributed by atoms with Crippen LogP contribution in [0.5, 0.6) is 0 Å². The average Bonchev–Trinajstić information content (AvgIpc) is 2.36. The zero-order valence-electron chi connectivity index (χ0n) is 11.6. The van der Waals surface area contributed by atoms with E-state index in [9.17, 15) is 21.6 Å². The molecule has 0 saturated carbocycles. The zero-order valence-corrected chi connectivity index (χ0v) is 12.4. The van der Waals surface area contributed by atoms with Gasteiger partial charge in [0.15, 0.2) is 0 Å². The zero-order chi connectivity index (χ0) is 15.8. The number of sulfonamides is 1. The van der Waals surface area contributed by atoms with E-state index in [1.807, 2.05) is 0 Å². The Morgan fingerprint density at radius 1 is 1.10 bits per heavy atom. The summed E-state index contributed by atoms with van der Waals surface area (Å²) in [5.74, 6) is 0. The molecule has 1 aliphatic rings. The molecule has 1 saturated heterocycles. The third kappa shape index (κ3) is 3.56. The second-order valence-electron chi connectivity index (χ2n) is 5.10. The number of rotatable bonds is 2. The maximum atomic E-state index is 12.5. The summed E-state index contributed by atoms with van der Waals surface area (Å²) in [5.41, 5.74) is -0.870. The normalized spacial score (nSPS) is 25.0. The summed E-state index contributed by atoms with van der Waals surface area (Å²) < 4.78 is 69.0. The van der Waals surface area contributed by atoms with Crippen LogP contribution in [0, 0.1) is 0 Å². The fraction of sp³-hybridized carbons (Fsp3) is 0.538. The Hall–Kier alpha value is -1.12. The number of benzene rings is 1. The van der Waals surface area contributed by atoms with Crippen LogP contribution in [0.4, 0.5) is 13.2 Å². The van der Waals surface area contributed by atoms with Gasteiger partial charge in [0.05, 0.1) is 22.7 Å². The van der Waals surface area contributed by atoms with E-state index in [4.69, 9.17) is 4.74 Å². The molecule has 0 aliphatic carbocycles. The number of hydrogen-bond donors (Lipinski definition) is 0. The molecule has 118 valence electrons. The van der Waals surface area contributed by atoms with E-state index in [1.165, 1.54) is 4.31 Å². The second kappa shape index (κ2) is 5.58. The van der Waals surface area contributed by atoms with Gasteiger partial charge in [0.25, 0.3) is 0 Å². The number of nitrogens with zero attached hydrogens (tertiary/aromatic N) is 1. The molecular weight excluding hydrogens is 307 g/mol. The largest absolute Gasteiger partial charge is 0.416 e. The molecule has 1 aromatic rings.